The van der Waals surface area contributed by atoms with Crippen LogP contribution < -0.4 is 5.32 Å². The van der Waals surface area contributed by atoms with E-state index >= 15 is 0 Å². The maximum Gasteiger partial charge on any atom is 0.326 e. The van der Waals surface area contributed by atoms with Crippen LogP contribution in [0, 0.1) is 0 Å². The number of carboxylic acid groups (broad SMARTS) is 1. The van der Waals surface area contributed by atoms with Crippen LogP contribution >= 0.6 is 11.3 Å². The standard InChI is InChI=1S/C13H18N2O4S/c1-2-9(11-4-3-5-20-11)14-13(19)15-7-8(16)6-10(15)12(17)18/h3-5,8-10,16H,2,6-7H2,1H3,(H,14,19)(H,17,18)/t8-,9?,10-/m1/s1. The molecule has 1 aromatic rings. The molecule has 2 heterocycles. The Morgan fingerprint density at radius 3 is 2.90 bits per heavy atom. The minimum Gasteiger partial charge on any atom is -0.480 e. The van der Waals surface area contributed by atoms with Crippen molar-refractivity contribution in [3.05, 3.63) is 22.4 Å². The molecule has 1 aliphatic rings. The Hall–Kier alpha value is -1.60. The van der Waals surface area contributed by atoms with Crippen LogP contribution in [-0.2, 0) is 4.79 Å². The number of thiophene rings is 1. The first kappa shape index (κ1) is 14.8. The van der Waals surface area contributed by atoms with Crippen LogP contribution in [0.25, 0.3) is 0 Å². The number of nitrogens with zero attached hydrogens (tertiary/aromatic N) is 1. The number of carbonyl (C=O) groups is 2. The lowest BCUT2D eigenvalue weighted by atomic mass is 10.2. The Bertz CT molecular complexity index is 477. The Balaban J connectivity index is 2.05. The zero-order valence-corrected chi connectivity index (χ0v) is 12.0. The number of aliphatic hydroxyl groups is 1. The summed E-state index contributed by atoms with van der Waals surface area (Å²) in [5.41, 5.74) is 0. The summed E-state index contributed by atoms with van der Waals surface area (Å²) in [4.78, 5) is 25.6. The van der Waals surface area contributed by atoms with E-state index in [1.54, 1.807) is 11.3 Å². The zero-order chi connectivity index (χ0) is 14.7. The molecule has 6 nitrogen and oxygen atoms in total. The number of likely N-dealkylation sites (tertiary alicyclic amines) is 1. The van der Waals surface area contributed by atoms with E-state index in [0.717, 1.165) is 11.3 Å². The summed E-state index contributed by atoms with van der Waals surface area (Å²) >= 11 is 1.55. The average molecular weight is 298 g/mol. The van der Waals surface area contributed by atoms with Crippen molar-refractivity contribution in [1.82, 2.24) is 10.2 Å². The van der Waals surface area contributed by atoms with E-state index in [0.29, 0.717) is 0 Å². The number of urea groups is 1. The molecule has 110 valence electrons. The lowest BCUT2D eigenvalue weighted by Crippen LogP contribution is -2.47. The maximum atomic E-state index is 12.2. The highest BCUT2D eigenvalue weighted by molar-refractivity contribution is 7.10. The van der Waals surface area contributed by atoms with Crippen molar-refractivity contribution in [1.29, 1.82) is 0 Å². The zero-order valence-electron chi connectivity index (χ0n) is 11.2. The predicted octanol–water partition coefficient (Wildman–Crippen LogP) is 1.43. The number of aliphatic carboxylic acids is 1. The van der Waals surface area contributed by atoms with E-state index in [4.69, 9.17) is 5.11 Å². The molecule has 2 rings (SSSR count). The van der Waals surface area contributed by atoms with Gasteiger partial charge in [-0.25, -0.2) is 9.59 Å². The number of nitrogens with one attached hydrogen (secondary N) is 1. The molecule has 0 aliphatic carbocycles. The number of hydrogen-bond acceptors (Lipinski definition) is 4. The normalized spacial score (nSPS) is 23.6. The van der Waals surface area contributed by atoms with Crippen molar-refractivity contribution in [2.24, 2.45) is 0 Å². The lowest BCUT2D eigenvalue weighted by molar-refractivity contribution is -0.141. The number of carboxylic acids is 1. The highest BCUT2D eigenvalue weighted by Gasteiger charge is 2.39. The van der Waals surface area contributed by atoms with Crippen molar-refractivity contribution in [2.45, 2.75) is 38.0 Å². The van der Waals surface area contributed by atoms with Gasteiger partial charge in [-0.3, -0.25) is 0 Å². The van der Waals surface area contributed by atoms with Crippen molar-refractivity contribution in [3.63, 3.8) is 0 Å². The molecule has 3 atom stereocenters. The fourth-order valence-electron chi connectivity index (χ4n) is 2.37. The van der Waals surface area contributed by atoms with Crippen LogP contribution in [0.15, 0.2) is 17.5 Å². The molecule has 20 heavy (non-hydrogen) atoms. The van der Waals surface area contributed by atoms with Crippen LogP contribution in [0.2, 0.25) is 0 Å². The molecular formula is C13H18N2O4S. The summed E-state index contributed by atoms with van der Waals surface area (Å²) < 4.78 is 0. The van der Waals surface area contributed by atoms with Gasteiger partial charge in [-0.1, -0.05) is 13.0 Å². The number of amides is 2. The van der Waals surface area contributed by atoms with E-state index in [-0.39, 0.29) is 19.0 Å². The second-order valence-corrected chi connectivity index (χ2v) is 5.80. The second-order valence-electron chi connectivity index (χ2n) is 4.82. The Morgan fingerprint density at radius 2 is 2.35 bits per heavy atom. The lowest BCUT2D eigenvalue weighted by Gasteiger charge is -2.24. The molecule has 0 bridgehead atoms. The third-order valence-electron chi connectivity index (χ3n) is 3.42. The van der Waals surface area contributed by atoms with Gasteiger partial charge >= 0.3 is 12.0 Å². The average Bonchev–Trinajstić information content (AvgIpc) is 3.04. The summed E-state index contributed by atoms with van der Waals surface area (Å²) in [6, 6.07) is 2.33. The van der Waals surface area contributed by atoms with Gasteiger partial charge < -0.3 is 20.4 Å². The predicted molar refractivity (Wildman–Crippen MR) is 74.6 cm³/mol. The first-order valence-corrected chi connectivity index (χ1v) is 7.42. The van der Waals surface area contributed by atoms with Gasteiger partial charge in [0.1, 0.15) is 6.04 Å². The molecular weight excluding hydrogens is 280 g/mol. The van der Waals surface area contributed by atoms with Gasteiger partial charge in [-0.15, -0.1) is 11.3 Å². The van der Waals surface area contributed by atoms with Crippen molar-refractivity contribution in [2.75, 3.05) is 6.54 Å². The van der Waals surface area contributed by atoms with Gasteiger partial charge in [0.25, 0.3) is 0 Å². The van der Waals surface area contributed by atoms with Crippen LogP contribution in [0.1, 0.15) is 30.7 Å². The van der Waals surface area contributed by atoms with Crippen molar-refractivity contribution < 1.29 is 19.8 Å². The smallest absolute Gasteiger partial charge is 0.326 e. The number of aliphatic hydroxyl groups excluding tert-OH is 1. The topological polar surface area (TPSA) is 89.9 Å². The molecule has 3 N–H and O–H groups in total. The molecule has 0 spiro atoms. The second kappa shape index (κ2) is 6.23. The highest BCUT2D eigenvalue weighted by atomic mass is 32.1. The van der Waals surface area contributed by atoms with Crippen LogP contribution in [-0.4, -0.2) is 45.8 Å². The molecule has 1 unspecified atom stereocenters. The molecule has 2 amide bonds. The molecule has 1 saturated heterocycles. The van der Waals surface area contributed by atoms with E-state index in [1.165, 1.54) is 4.90 Å². The van der Waals surface area contributed by atoms with Gasteiger partial charge in [0.15, 0.2) is 0 Å². The molecule has 0 aromatic carbocycles. The van der Waals surface area contributed by atoms with Gasteiger partial charge in [-0.05, 0) is 17.9 Å². The molecule has 0 saturated carbocycles. The molecule has 0 radical (unpaired) electrons. The van der Waals surface area contributed by atoms with Gasteiger partial charge in [0.05, 0.1) is 12.1 Å². The first-order valence-electron chi connectivity index (χ1n) is 6.54. The molecule has 1 aliphatic heterocycles. The summed E-state index contributed by atoms with van der Waals surface area (Å²) in [5.74, 6) is -1.08. The third-order valence-corrected chi connectivity index (χ3v) is 4.40. The monoisotopic (exact) mass is 298 g/mol. The largest absolute Gasteiger partial charge is 0.480 e. The summed E-state index contributed by atoms with van der Waals surface area (Å²) in [5, 5.41) is 23.4. The van der Waals surface area contributed by atoms with Gasteiger partial charge in [-0.2, -0.15) is 0 Å². The van der Waals surface area contributed by atoms with E-state index in [1.807, 2.05) is 24.4 Å². The first-order chi connectivity index (χ1) is 9.52. The maximum absolute atomic E-state index is 12.2. The summed E-state index contributed by atoms with van der Waals surface area (Å²) in [6.07, 6.45) is 0.0301. The van der Waals surface area contributed by atoms with Crippen molar-refractivity contribution >= 4 is 23.3 Å². The minimum atomic E-state index is -1.08. The number of carbonyl (C=O) groups excluding carboxylic acids is 1. The quantitative estimate of drug-likeness (QED) is 0.784. The Kier molecular flexibility index (Phi) is 4.61. The fraction of sp³-hybridized carbons (Fsp3) is 0.538. The number of hydrogen-bond donors (Lipinski definition) is 3. The van der Waals surface area contributed by atoms with Crippen LogP contribution in [0.4, 0.5) is 4.79 Å². The third kappa shape index (κ3) is 3.10. The summed E-state index contributed by atoms with van der Waals surface area (Å²) in [6.45, 7) is 2.02. The van der Waals surface area contributed by atoms with Gasteiger partial charge in [0.2, 0.25) is 0 Å². The molecule has 1 fully saturated rings. The number of rotatable bonds is 4. The SMILES string of the molecule is CCC(NC(=O)N1C[C@H](O)C[C@@H]1C(=O)O)c1cccs1. The van der Waals surface area contributed by atoms with E-state index < -0.39 is 24.1 Å². The van der Waals surface area contributed by atoms with Crippen molar-refractivity contribution in [3.8, 4) is 0 Å². The number of β-amino-alcohol motifs (C(OH)–C–C–N with tert-alkyl or cyclic N) is 1. The van der Waals surface area contributed by atoms with Crippen LogP contribution in [0.3, 0.4) is 0 Å². The van der Waals surface area contributed by atoms with E-state index in [9.17, 15) is 14.7 Å². The van der Waals surface area contributed by atoms with E-state index in [2.05, 4.69) is 5.32 Å². The van der Waals surface area contributed by atoms with Crippen LogP contribution in [0.5, 0.6) is 0 Å². The molecule has 7 heteroatoms. The summed E-state index contributed by atoms with van der Waals surface area (Å²) in [7, 11) is 0. The molecule has 1 aromatic heterocycles. The van der Waals surface area contributed by atoms with Gasteiger partial charge in [0, 0.05) is 17.8 Å². The minimum absolute atomic E-state index is 0.0592. The highest BCUT2D eigenvalue weighted by Crippen LogP contribution is 2.24. The Morgan fingerprint density at radius 1 is 1.60 bits per heavy atom. The Labute approximate surface area is 121 Å². The fourth-order valence-corrected chi connectivity index (χ4v) is 3.23.